The Kier molecular flexibility index (Phi) is 5.58. The van der Waals surface area contributed by atoms with Crippen molar-refractivity contribution in [3.05, 3.63) is 57.8 Å². The van der Waals surface area contributed by atoms with Crippen LogP contribution in [0.15, 0.2) is 36.4 Å². The number of carbonyl (C=O) groups is 2. The van der Waals surface area contributed by atoms with E-state index in [-0.39, 0.29) is 34.5 Å². The normalized spacial score (nSPS) is 10.3. The number of amides is 1. The Labute approximate surface area is 142 Å². The highest BCUT2D eigenvalue weighted by Crippen LogP contribution is 2.27. The van der Waals surface area contributed by atoms with Crippen LogP contribution in [-0.2, 0) is 4.79 Å². The summed E-state index contributed by atoms with van der Waals surface area (Å²) >= 11 is 11.7. The second-order valence-electron chi connectivity index (χ2n) is 4.66. The van der Waals surface area contributed by atoms with Crippen LogP contribution < -0.4 is 10.1 Å². The molecule has 0 bridgehead atoms. The van der Waals surface area contributed by atoms with E-state index in [4.69, 9.17) is 27.9 Å². The number of Topliss-reactive ketones (excluding diaryl/α,β-unsaturated/α-hetero) is 1. The van der Waals surface area contributed by atoms with E-state index in [1.54, 1.807) is 6.07 Å². The molecule has 2 aromatic rings. The number of carbonyl (C=O) groups excluding carboxylic acids is 2. The maximum atomic E-state index is 13.9. The molecule has 2 rings (SSSR count). The van der Waals surface area contributed by atoms with Gasteiger partial charge >= 0.3 is 0 Å². The zero-order chi connectivity index (χ0) is 17.0. The Hall–Kier alpha value is -2.11. The molecule has 0 aliphatic rings. The van der Waals surface area contributed by atoms with Gasteiger partial charge in [0.25, 0.3) is 0 Å². The Morgan fingerprint density at radius 1 is 1.17 bits per heavy atom. The lowest BCUT2D eigenvalue weighted by Gasteiger charge is -2.09. The number of ketones is 1. The van der Waals surface area contributed by atoms with Gasteiger partial charge in [-0.1, -0.05) is 23.2 Å². The largest absolute Gasteiger partial charge is 0.484 e. The van der Waals surface area contributed by atoms with Crippen molar-refractivity contribution < 1.29 is 18.7 Å². The fourth-order valence-corrected chi connectivity index (χ4v) is 2.30. The van der Waals surface area contributed by atoms with Crippen molar-refractivity contribution in [1.29, 1.82) is 0 Å². The number of halogens is 3. The molecule has 1 amide bonds. The molecular formula is C16H12Cl2FNO3. The Bertz CT molecular complexity index is 765. The van der Waals surface area contributed by atoms with Crippen LogP contribution in [0.5, 0.6) is 5.75 Å². The molecule has 0 radical (unpaired) electrons. The maximum Gasteiger partial charge on any atom is 0.221 e. The van der Waals surface area contributed by atoms with Gasteiger partial charge < -0.3 is 10.1 Å². The van der Waals surface area contributed by atoms with Crippen LogP contribution in [0.1, 0.15) is 17.3 Å². The summed E-state index contributed by atoms with van der Waals surface area (Å²) in [6.45, 7) is 0.929. The van der Waals surface area contributed by atoms with E-state index in [9.17, 15) is 14.0 Å². The molecule has 2 aromatic carbocycles. The number of anilines is 1. The smallest absolute Gasteiger partial charge is 0.221 e. The van der Waals surface area contributed by atoms with Crippen molar-refractivity contribution in [3.8, 4) is 5.75 Å². The van der Waals surface area contributed by atoms with Gasteiger partial charge in [0.15, 0.2) is 6.61 Å². The molecule has 0 atom stereocenters. The second-order valence-corrected chi connectivity index (χ2v) is 5.51. The maximum absolute atomic E-state index is 13.9. The van der Waals surface area contributed by atoms with E-state index in [1.807, 2.05) is 0 Å². The summed E-state index contributed by atoms with van der Waals surface area (Å²) in [4.78, 5) is 22.9. The van der Waals surface area contributed by atoms with Crippen molar-refractivity contribution in [1.82, 2.24) is 0 Å². The van der Waals surface area contributed by atoms with E-state index in [0.717, 1.165) is 6.07 Å². The summed E-state index contributed by atoms with van der Waals surface area (Å²) in [6.07, 6.45) is 0. The quantitative estimate of drug-likeness (QED) is 0.811. The van der Waals surface area contributed by atoms with Crippen LogP contribution in [0.3, 0.4) is 0 Å². The van der Waals surface area contributed by atoms with Gasteiger partial charge in [0.1, 0.15) is 11.6 Å². The van der Waals surface area contributed by atoms with Gasteiger partial charge in [-0.2, -0.15) is 0 Å². The highest BCUT2D eigenvalue weighted by atomic mass is 35.5. The van der Waals surface area contributed by atoms with Crippen LogP contribution in [0.4, 0.5) is 10.1 Å². The molecule has 0 aliphatic carbocycles. The molecule has 4 nitrogen and oxygen atoms in total. The number of rotatable bonds is 5. The molecule has 1 N–H and O–H groups in total. The number of nitrogens with one attached hydrogen (secondary N) is 1. The van der Waals surface area contributed by atoms with Crippen molar-refractivity contribution >= 4 is 40.6 Å². The summed E-state index contributed by atoms with van der Waals surface area (Å²) in [6, 6.07) is 8.36. The minimum atomic E-state index is -0.743. The lowest BCUT2D eigenvalue weighted by molar-refractivity contribution is -0.114. The average molecular weight is 356 g/mol. The van der Waals surface area contributed by atoms with E-state index in [2.05, 4.69) is 5.32 Å². The monoisotopic (exact) mass is 355 g/mol. The van der Waals surface area contributed by atoms with E-state index in [0.29, 0.717) is 5.02 Å². The summed E-state index contributed by atoms with van der Waals surface area (Å²) in [7, 11) is 0. The predicted molar refractivity (Wildman–Crippen MR) is 87.0 cm³/mol. The van der Waals surface area contributed by atoms with E-state index < -0.39 is 11.6 Å². The Balaban J connectivity index is 2.07. The summed E-state index contributed by atoms with van der Waals surface area (Å²) in [5.74, 6) is -1.35. The van der Waals surface area contributed by atoms with Crippen molar-refractivity contribution in [3.63, 3.8) is 0 Å². The first-order chi connectivity index (χ1) is 10.9. The SMILES string of the molecule is CC(=O)Nc1ccc(C(=O)COc2ccc(Cl)cc2Cl)c(F)c1. The van der Waals surface area contributed by atoms with Gasteiger partial charge in [-0.25, -0.2) is 4.39 Å². The van der Waals surface area contributed by atoms with E-state index in [1.165, 1.54) is 31.2 Å². The molecular weight excluding hydrogens is 344 g/mol. The molecule has 0 aliphatic heterocycles. The van der Waals surface area contributed by atoms with Crippen LogP contribution in [-0.4, -0.2) is 18.3 Å². The fourth-order valence-electron chi connectivity index (χ4n) is 1.84. The molecule has 0 spiro atoms. The number of ether oxygens (including phenoxy) is 1. The lowest BCUT2D eigenvalue weighted by Crippen LogP contribution is -2.14. The zero-order valence-corrected chi connectivity index (χ0v) is 13.5. The third kappa shape index (κ3) is 4.68. The van der Waals surface area contributed by atoms with Gasteiger partial charge in [-0.15, -0.1) is 0 Å². The third-order valence-electron chi connectivity index (χ3n) is 2.84. The topological polar surface area (TPSA) is 55.4 Å². The minimum Gasteiger partial charge on any atom is -0.484 e. The molecule has 0 aromatic heterocycles. The predicted octanol–water partition coefficient (Wildman–Crippen LogP) is 4.35. The van der Waals surface area contributed by atoms with Crippen LogP contribution in [0.2, 0.25) is 10.0 Å². The first-order valence-electron chi connectivity index (χ1n) is 6.55. The Morgan fingerprint density at radius 2 is 1.91 bits per heavy atom. The molecule has 0 saturated carbocycles. The number of benzene rings is 2. The highest BCUT2D eigenvalue weighted by molar-refractivity contribution is 6.35. The number of hydrogen-bond donors (Lipinski definition) is 1. The highest BCUT2D eigenvalue weighted by Gasteiger charge is 2.14. The fraction of sp³-hybridized carbons (Fsp3) is 0.125. The van der Waals surface area contributed by atoms with Gasteiger partial charge in [-0.3, -0.25) is 9.59 Å². The molecule has 0 saturated heterocycles. The molecule has 120 valence electrons. The standard InChI is InChI=1S/C16H12Cl2FNO3/c1-9(21)20-11-3-4-12(14(19)7-11)15(22)8-23-16-5-2-10(17)6-13(16)18/h2-7H,8H2,1H3,(H,20,21). The molecule has 0 heterocycles. The van der Waals surface area contributed by atoms with Gasteiger partial charge in [0, 0.05) is 17.6 Å². The summed E-state index contributed by atoms with van der Waals surface area (Å²) in [5, 5.41) is 3.13. The van der Waals surface area contributed by atoms with Gasteiger partial charge in [0.05, 0.1) is 10.6 Å². The van der Waals surface area contributed by atoms with Crippen molar-refractivity contribution in [2.24, 2.45) is 0 Å². The Morgan fingerprint density at radius 3 is 2.52 bits per heavy atom. The van der Waals surface area contributed by atoms with Crippen LogP contribution in [0.25, 0.3) is 0 Å². The zero-order valence-electron chi connectivity index (χ0n) is 12.0. The summed E-state index contributed by atoms with van der Waals surface area (Å²) < 4.78 is 19.2. The first-order valence-corrected chi connectivity index (χ1v) is 7.30. The van der Waals surface area contributed by atoms with Crippen LogP contribution >= 0.6 is 23.2 Å². The minimum absolute atomic E-state index is 0.135. The van der Waals surface area contributed by atoms with Gasteiger partial charge in [-0.05, 0) is 36.4 Å². The second kappa shape index (κ2) is 7.44. The first kappa shape index (κ1) is 17.2. The number of hydrogen-bond acceptors (Lipinski definition) is 3. The van der Waals surface area contributed by atoms with E-state index >= 15 is 0 Å². The summed E-state index contributed by atoms with van der Waals surface area (Å²) in [5.41, 5.74) is 0.136. The van der Waals surface area contributed by atoms with Crippen molar-refractivity contribution in [2.75, 3.05) is 11.9 Å². The van der Waals surface area contributed by atoms with Crippen molar-refractivity contribution in [2.45, 2.75) is 6.92 Å². The van der Waals surface area contributed by atoms with Crippen LogP contribution in [0, 0.1) is 5.82 Å². The third-order valence-corrected chi connectivity index (χ3v) is 3.37. The molecule has 0 unspecified atom stereocenters. The molecule has 23 heavy (non-hydrogen) atoms. The average Bonchev–Trinajstić information content (AvgIpc) is 2.45. The lowest BCUT2D eigenvalue weighted by atomic mass is 10.1. The molecule has 7 heteroatoms. The molecule has 0 fully saturated rings. The van der Waals surface area contributed by atoms with Gasteiger partial charge in [0.2, 0.25) is 11.7 Å².